The molecule has 0 aromatic heterocycles. The van der Waals surface area contributed by atoms with Crippen molar-refractivity contribution in [3.05, 3.63) is 46.9 Å². The second-order valence-electron chi connectivity index (χ2n) is 3.76. The smallest absolute Gasteiger partial charge is 0.262 e. The monoisotopic (exact) mass is 309 g/mol. The fraction of sp³-hybridized carbons (Fsp3) is 0. The Morgan fingerprint density at radius 1 is 1.00 bits per heavy atom. The van der Waals surface area contributed by atoms with Crippen LogP contribution < -0.4 is 4.72 Å². The molecule has 0 radical (unpaired) electrons. The highest BCUT2D eigenvalue weighted by molar-refractivity contribution is 9.10. The van der Waals surface area contributed by atoms with Gasteiger partial charge in [0.1, 0.15) is 0 Å². The van der Waals surface area contributed by atoms with Crippen LogP contribution in [0.2, 0.25) is 0 Å². The molecule has 0 fully saturated rings. The van der Waals surface area contributed by atoms with Gasteiger partial charge in [0.15, 0.2) is 0 Å². The fourth-order valence-electron chi connectivity index (χ4n) is 1.99. The Kier molecular flexibility index (Phi) is 2.27. The first-order valence-corrected chi connectivity index (χ1v) is 7.28. The molecule has 0 atom stereocenters. The maximum Gasteiger partial charge on any atom is 0.262 e. The van der Waals surface area contributed by atoms with Crippen molar-refractivity contribution in [2.24, 2.45) is 0 Å². The minimum Gasteiger partial charge on any atom is -0.279 e. The van der Waals surface area contributed by atoms with E-state index in [4.69, 9.17) is 0 Å². The van der Waals surface area contributed by atoms with Crippen molar-refractivity contribution in [2.45, 2.75) is 4.90 Å². The number of anilines is 1. The van der Waals surface area contributed by atoms with Crippen molar-refractivity contribution in [3.8, 4) is 11.1 Å². The normalized spacial score (nSPS) is 15.6. The van der Waals surface area contributed by atoms with Crippen LogP contribution in [0.3, 0.4) is 0 Å². The second-order valence-corrected chi connectivity index (χ2v) is 6.27. The highest BCUT2D eigenvalue weighted by atomic mass is 79.9. The van der Waals surface area contributed by atoms with Crippen molar-refractivity contribution in [1.29, 1.82) is 0 Å². The number of nitrogens with one attached hydrogen (secondary N) is 1. The van der Waals surface area contributed by atoms with Gasteiger partial charge in [0, 0.05) is 15.6 Å². The molecule has 0 spiro atoms. The van der Waals surface area contributed by atoms with Crippen LogP contribution in [0.1, 0.15) is 0 Å². The van der Waals surface area contributed by atoms with Crippen LogP contribution >= 0.6 is 15.9 Å². The van der Waals surface area contributed by atoms with Gasteiger partial charge in [-0.1, -0.05) is 40.2 Å². The van der Waals surface area contributed by atoms with Crippen LogP contribution in [0, 0.1) is 0 Å². The molecule has 1 heterocycles. The van der Waals surface area contributed by atoms with Gasteiger partial charge in [-0.15, -0.1) is 0 Å². The zero-order chi connectivity index (χ0) is 12.0. The lowest BCUT2D eigenvalue weighted by Gasteiger charge is -2.22. The lowest BCUT2D eigenvalue weighted by molar-refractivity contribution is 0.601. The number of hydrogen-bond donors (Lipinski definition) is 1. The minimum atomic E-state index is -3.44. The number of rotatable bonds is 0. The predicted octanol–water partition coefficient (Wildman–Crippen LogP) is 3.23. The van der Waals surface area contributed by atoms with Crippen molar-refractivity contribution in [3.63, 3.8) is 0 Å². The van der Waals surface area contributed by atoms with E-state index < -0.39 is 10.0 Å². The highest BCUT2D eigenvalue weighted by Crippen LogP contribution is 2.42. The van der Waals surface area contributed by atoms with E-state index in [1.165, 1.54) is 0 Å². The van der Waals surface area contributed by atoms with Gasteiger partial charge in [0.05, 0.1) is 10.6 Å². The largest absolute Gasteiger partial charge is 0.279 e. The molecule has 0 aliphatic carbocycles. The Hall–Kier alpha value is -1.33. The van der Waals surface area contributed by atoms with Crippen LogP contribution in [0.15, 0.2) is 51.8 Å². The predicted molar refractivity (Wildman–Crippen MR) is 70.4 cm³/mol. The molecule has 0 unspecified atom stereocenters. The van der Waals surface area contributed by atoms with Crippen molar-refractivity contribution in [2.75, 3.05) is 4.72 Å². The molecule has 2 aromatic carbocycles. The number of hydrogen-bond acceptors (Lipinski definition) is 2. The lowest BCUT2D eigenvalue weighted by atomic mass is 10.0. The van der Waals surface area contributed by atoms with Crippen molar-refractivity contribution in [1.82, 2.24) is 0 Å². The topological polar surface area (TPSA) is 46.2 Å². The Balaban J connectivity index is 2.45. The summed E-state index contributed by atoms with van der Waals surface area (Å²) in [5.74, 6) is 0. The Labute approximate surface area is 108 Å². The van der Waals surface area contributed by atoms with E-state index in [-0.39, 0.29) is 0 Å². The van der Waals surface area contributed by atoms with E-state index in [1.54, 1.807) is 24.3 Å². The average molecular weight is 310 g/mol. The lowest BCUT2D eigenvalue weighted by Crippen LogP contribution is -2.18. The van der Waals surface area contributed by atoms with E-state index in [0.717, 1.165) is 15.6 Å². The Morgan fingerprint density at radius 3 is 2.59 bits per heavy atom. The third-order valence-corrected chi connectivity index (χ3v) is 4.79. The molecule has 0 bridgehead atoms. The molecule has 1 aliphatic heterocycles. The standard InChI is InChI=1S/C12H8BrNO2S/c13-9-5-3-6-10-12(9)8-4-1-2-7-11(8)17(15,16)14-10/h1-7,14H. The van der Waals surface area contributed by atoms with Crippen LogP contribution in [-0.4, -0.2) is 8.42 Å². The summed E-state index contributed by atoms with van der Waals surface area (Å²) >= 11 is 3.45. The number of sulfonamides is 1. The number of halogens is 1. The molecule has 1 N–H and O–H groups in total. The minimum absolute atomic E-state index is 0.319. The van der Waals surface area contributed by atoms with Gasteiger partial charge in [-0.25, -0.2) is 8.42 Å². The van der Waals surface area contributed by atoms with Crippen LogP contribution in [0.4, 0.5) is 5.69 Å². The third-order valence-electron chi connectivity index (χ3n) is 2.70. The van der Waals surface area contributed by atoms with Gasteiger partial charge >= 0.3 is 0 Å². The first kappa shape index (κ1) is 10.8. The average Bonchev–Trinajstić information content (AvgIpc) is 2.28. The van der Waals surface area contributed by atoms with Crippen LogP contribution in [0.25, 0.3) is 11.1 Å². The first-order valence-electron chi connectivity index (χ1n) is 5.00. The summed E-state index contributed by atoms with van der Waals surface area (Å²) in [4.78, 5) is 0.319. The fourth-order valence-corrected chi connectivity index (χ4v) is 3.86. The van der Waals surface area contributed by atoms with E-state index in [2.05, 4.69) is 20.7 Å². The first-order chi connectivity index (χ1) is 8.09. The quantitative estimate of drug-likeness (QED) is 0.812. The molecular weight excluding hydrogens is 302 g/mol. The second kappa shape index (κ2) is 3.58. The summed E-state index contributed by atoms with van der Waals surface area (Å²) < 4.78 is 27.5. The molecule has 3 rings (SSSR count). The van der Waals surface area contributed by atoms with Crippen LogP contribution in [0.5, 0.6) is 0 Å². The van der Waals surface area contributed by atoms with Crippen molar-refractivity contribution >= 4 is 31.6 Å². The molecule has 0 amide bonds. The van der Waals surface area contributed by atoms with Gasteiger partial charge < -0.3 is 0 Å². The SMILES string of the molecule is O=S1(=O)Nc2cccc(Br)c2-c2ccccc21. The maximum absolute atomic E-state index is 12.0. The summed E-state index contributed by atoms with van der Waals surface area (Å²) in [5, 5.41) is 0. The van der Waals surface area contributed by atoms with E-state index in [1.807, 2.05) is 18.2 Å². The molecule has 86 valence electrons. The summed E-state index contributed by atoms with van der Waals surface area (Å²) in [6.07, 6.45) is 0. The Morgan fingerprint density at radius 2 is 1.76 bits per heavy atom. The van der Waals surface area contributed by atoms with E-state index in [0.29, 0.717) is 10.6 Å². The summed E-state index contributed by atoms with van der Waals surface area (Å²) in [6.45, 7) is 0. The molecule has 3 nitrogen and oxygen atoms in total. The molecule has 1 aliphatic rings. The molecule has 0 saturated heterocycles. The Bertz CT molecular complexity index is 710. The maximum atomic E-state index is 12.0. The summed E-state index contributed by atoms with van der Waals surface area (Å²) in [6, 6.07) is 12.4. The van der Waals surface area contributed by atoms with E-state index in [9.17, 15) is 8.42 Å². The molecule has 0 saturated carbocycles. The van der Waals surface area contributed by atoms with E-state index >= 15 is 0 Å². The van der Waals surface area contributed by atoms with Crippen LogP contribution in [-0.2, 0) is 10.0 Å². The van der Waals surface area contributed by atoms with Gasteiger partial charge in [0.2, 0.25) is 0 Å². The van der Waals surface area contributed by atoms with Crippen molar-refractivity contribution < 1.29 is 8.42 Å². The van der Waals surface area contributed by atoms with Gasteiger partial charge in [0.25, 0.3) is 10.0 Å². The summed E-state index contributed by atoms with van der Waals surface area (Å²) in [5.41, 5.74) is 2.23. The number of fused-ring (bicyclic) bond motifs is 3. The molecular formula is C12H8BrNO2S. The third kappa shape index (κ3) is 1.57. The summed E-state index contributed by atoms with van der Waals surface area (Å²) in [7, 11) is -3.44. The molecule has 2 aromatic rings. The molecule has 17 heavy (non-hydrogen) atoms. The number of benzene rings is 2. The zero-order valence-electron chi connectivity index (χ0n) is 8.64. The zero-order valence-corrected chi connectivity index (χ0v) is 11.0. The highest BCUT2D eigenvalue weighted by Gasteiger charge is 2.27. The van der Waals surface area contributed by atoms with Gasteiger partial charge in [-0.05, 0) is 18.2 Å². The van der Waals surface area contributed by atoms with Gasteiger partial charge in [-0.3, -0.25) is 4.72 Å². The van der Waals surface area contributed by atoms with Gasteiger partial charge in [-0.2, -0.15) is 0 Å². The molecule has 5 heteroatoms.